The van der Waals surface area contributed by atoms with Crippen LogP contribution in [0.1, 0.15) is 29.6 Å². The lowest BCUT2D eigenvalue weighted by Gasteiger charge is -2.09. The van der Waals surface area contributed by atoms with Gasteiger partial charge in [0, 0.05) is 17.1 Å². The van der Waals surface area contributed by atoms with E-state index in [1.54, 1.807) is 0 Å². The predicted octanol–water partition coefficient (Wildman–Crippen LogP) is 2.26. The Morgan fingerprint density at radius 3 is 2.43 bits per heavy atom. The standard InChI is InChI=1S/C11H15ClN2/c1-13-10-6-11(14-2)9-5-7(12)3-4-8(9)10/h3-5,10-11,13-14H,6H2,1-2H3. The van der Waals surface area contributed by atoms with Crippen LogP contribution in [0.3, 0.4) is 0 Å². The first-order valence-electron chi connectivity index (χ1n) is 4.90. The molecule has 76 valence electrons. The second-order valence-electron chi connectivity index (χ2n) is 3.69. The van der Waals surface area contributed by atoms with Gasteiger partial charge in [0.05, 0.1) is 0 Å². The van der Waals surface area contributed by atoms with E-state index in [0.29, 0.717) is 12.1 Å². The molecule has 2 atom stereocenters. The molecule has 1 aromatic rings. The number of nitrogens with one attached hydrogen (secondary N) is 2. The largest absolute Gasteiger partial charge is 0.313 e. The van der Waals surface area contributed by atoms with E-state index in [4.69, 9.17) is 11.6 Å². The van der Waals surface area contributed by atoms with Crippen LogP contribution in [0.25, 0.3) is 0 Å². The first-order chi connectivity index (χ1) is 6.76. The number of hydrogen-bond acceptors (Lipinski definition) is 2. The van der Waals surface area contributed by atoms with E-state index < -0.39 is 0 Å². The Bertz CT molecular complexity index is 338. The molecule has 2 rings (SSSR count). The molecule has 1 aliphatic carbocycles. The zero-order chi connectivity index (χ0) is 10.1. The summed E-state index contributed by atoms with van der Waals surface area (Å²) in [5, 5.41) is 7.45. The van der Waals surface area contributed by atoms with Gasteiger partial charge in [-0.25, -0.2) is 0 Å². The van der Waals surface area contributed by atoms with E-state index >= 15 is 0 Å². The predicted molar refractivity (Wildman–Crippen MR) is 59.7 cm³/mol. The summed E-state index contributed by atoms with van der Waals surface area (Å²) in [6.07, 6.45) is 1.10. The minimum Gasteiger partial charge on any atom is -0.313 e. The highest BCUT2D eigenvalue weighted by molar-refractivity contribution is 6.30. The van der Waals surface area contributed by atoms with Crippen LogP contribution in [0.4, 0.5) is 0 Å². The number of benzene rings is 1. The SMILES string of the molecule is CNC1CC(NC)c2cc(Cl)ccc21. The monoisotopic (exact) mass is 210 g/mol. The van der Waals surface area contributed by atoms with Crippen molar-refractivity contribution in [1.82, 2.24) is 10.6 Å². The summed E-state index contributed by atoms with van der Waals surface area (Å²) in [5.74, 6) is 0. The van der Waals surface area contributed by atoms with Crippen molar-refractivity contribution in [3.8, 4) is 0 Å². The minimum absolute atomic E-state index is 0.432. The van der Waals surface area contributed by atoms with Gasteiger partial charge in [-0.1, -0.05) is 17.7 Å². The third-order valence-electron chi connectivity index (χ3n) is 2.97. The van der Waals surface area contributed by atoms with Crippen molar-refractivity contribution in [3.05, 3.63) is 34.3 Å². The molecule has 0 amide bonds. The van der Waals surface area contributed by atoms with Crippen LogP contribution in [0.5, 0.6) is 0 Å². The summed E-state index contributed by atoms with van der Waals surface area (Å²) in [6, 6.07) is 7.04. The van der Waals surface area contributed by atoms with Gasteiger partial charge in [0.2, 0.25) is 0 Å². The van der Waals surface area contributed by atoms with Gasteiger partial charge in [0.1, 0.15) is 0 Å². The lowest BCUT2D eigenvalue weighted by Crippen LogP contribution is -2.16. The van der Waals surface area contributed by atoms with Crippen LogP contribution in [0.2, 0.25) is 5.02 Å². The molecule has 0 heterocycles. The Morgan fingerprint density at radius 2 is 1.79 bits per heavy atom. The lowest BCUT2D eigenvalue weighted by atomic mass is 10.1. The molecule has 3 heteroatoms. The molecule has 0 aliphatic heterocycles. The van der Waals surface area contributed by atoms with Crippen LogP contribution in [0.15, 0.2) is 18.2 Å². The van der Waals surface area contributed by atoms with Crippen LogP contribution in [0, 0.1) is 0 Å². The summed E-state index contributed by atoms with van der Waals surface area (Å²) >= 11 is 5.99. The Balaban J connectivity index is 2.42. The van der Waals surface area contributed by atoms with Crippen molar-refractivity contribution in [2.45, 2.75) is 18.5 Å². The van der Waals surface area contributed by atoms with E-state index in [-0.39, 0.29) is 0 Å². The highest BCUT2D eigenvalue weighted by atomic mass is 35.5. The number of hydrogen-bond donors (Lipinski definition) is 2. The van der Waals surface area contributed by atoms with Gasteiger partial charge in [-0.05, 0) is 43.8 Å². The second-order valence-corrected chi connectivity index (χ2v) is 4.13. The fraction of sp³-hybridized carbons (Fsp3) is 0.455. The molecule has 1 aliphatic rings. The third-order valence-corrected chi connectivity index (χ3v) is 3.20. The molecule has 0 saturated carbocycles. The van der Waals surface area contributed by atoms with Gasteiger partial charge >= 0.3 is 0 Å². The van der Waals surface area contributed by atoms with Crippen molar-refractivity contribution >= 4 is 11.6 Å². The van der Waals surface area contributed by atoms with Gasteiger partial charge in [-0.3, -0.25) is 0 Å². The molecule has 0 spiro atoms. The maximum Gasteiger partial charge on any atom is 0.0409 e. The van der Waals surface area contributed by atoms with Gasteiger partial charge in [0.15, 0.2) is 0 Å². The molecule has 0 saturated heterocycles. The van der Waals surface area contributed by atoms with Crippen LogP contribution in [-0.2, 0) is 0 Å². The zero-order valence-electron chi connectivity index (χ0n) is 8.47. The van der Waals surface area contributed by atoms with Crippen molar-refractivity contribution < 1.29 is 0 Å². The lowest BCUT2D eigenvalue weighted by molar-refractivity contribution is 0.497. The summed E-state index contributed by atoms with van der Waals surface area (Å²) in [7, 11) is 3.99. The van der Waals surface area contributed by atoms with Crippen LogP contribution < -0.4 is 10.6 Å². The molecule has 2 N–H and O–H groups in total. The molecular formula is C11H15ClN2. The maximum atomic E-state index is 5.99. The Morgan fingerprint density at radius 1 is 1.14 bits per heavy atom. The summed E-state index contributed by atoms with van der Waals surface area (Å²) < 4.78 is 0. The van der Waals surface area contributed by atoms with Crippen LogP contribution in [-0.4, -0.2) is 14.1 Å². The minimum atomic E-state index is 0.432. The molecular weight excluding hydrogens is 196 g/mol. The van der Waals surface area contributed by atoms with Gasteiger partial charge in [0.25, 0.3) is 0 Å². The normalized spacial score (nSPS) is 25.1. The average molecular weight is 211 g/mol. The number of fused-ring (bicyclic) bond motifs is 1. The van der Waals surface area contributed by atoms with E-state index in [2.05, 4.69) is 22.8 Å². The average Bonchev–Trinajstić information content (AvgIpc) is 2.55. The summed E-state index contributed by atoms with van der Waals surface area (Å²) in [6.45, 7) is 0. The van der Waals surface area contributed by atoms with Gasteiger partial charge < -0.3 is 10.6 Å². The van der Waals surface area contributed by atoms with Gasteiger partial charge in [-0.15, -0.1) is 0 Å². The quantitative estimate of drug-likeness (QED) is 0.783. The van der Waals surface area contributed by atoms with Crippen molar-refractivity contribution in [2.24, 2.45) is 0 Å². The Kier molecular flexibility index (Phi) is 2.77. The summed E-state index contributed by atoms with van der Waals surface area (Å²) in [4.78, 5) is 0. The van der Waals surface area contributed by atoms with Crippen LogP contribution >= 0.6 is 11.6 Å². The second kappa shape index (κ2) is 3.89. The molecule has 0 aromatic heterocycles. The highest BCUT2D eigenvalue weighted by Gasteiger charge is 2.28. The van der Waals surface area contributed by atoms with Crippen molar-refractivity contribution in [2.75, 3.05) is 14.1 Å². The maximum absolute atomic E-state index is 5.99. The topological polar surface area (TPSA) is 24.1 Å². The fourth-order valence-corrected chi connectivity index (χ4v) is 2.38. The molecule has 14 heavy (non-hydrogen) atoms. The molecule has 0 bridgehead atoms. The van der Waals surface area contributed by atoms with E-state index in [1.165, 1.54) is 11.1 Å². The molecule has 2 unspecified atom stereocenters. The molecule has 0 fully saturated rings. The highest BCUT2D eigenvalue weighted by Crippen LogP contribution is 2.39. The zero-order valence-corrected chi connectivity index (χ0v) is 9.23. The van der Waals surface area contributed by atoms with E-state index in [0.717, 1.165) is 11.4 Å². The fourth-order valence-electron chi connectivity index (χ4n) is 2.20. The van der Waals surface area contributed by atoms with E-state index in [1.807, 2.05) is 20.2 Å². The van der Waals surface area contributed by atoms with Crippen molar-refractivity contribution in [1.29, 1.82) is 0 Å². The summed E-state index contributed by atoms with van der Waals surface area (Å²) in [5.41, 5.74) is 2.70. The third kappa shape index (κ3) is 1.54. The first kappa shape index (κ1) is 9.97. The van der Waals surface area contributed by atoms with Gasteiger partial charge in [-0.2, -0.15) is 0 Å². The molecule has 1 aromatic carbocycles. The van der Waals surface area contributed by atoms with E-state index in [9.17, 15) is 0 Å². The molecule has 2 nitrogen and oxygen atoms in total. The van der Waals surface area contributed by atoms with Crippen molar-refractivity contribution in [3.63, 3.8) is 0 Å². The molecule has 0 radical (unpaired) electrons. The Hall–Kier alpha value is -0.570. The Labute approximate surface area is 89.7 Å². The smallest absolute Gasteiger partial charge is 0.0409 e. The number of rotatable bonds is 2. The number of halogens is 1. The first-order valence-corrected chi connectivity index (χ1v) is 5.28.